The van der Waals surface area contributed by atoms with E-state index in [2.05, 4.69) is 30.0 Å². The van der Waals surface area contributed by atoms with E-state index in [-0.39, 0.29) is 33.8 Å². The van der Waals surface area contributed by atoms with Crippen molar-refractivity contribution in [3.05, 3.63) is 11.6 Å². The van der Waals surface area contributed by atoms with Gasteiger partial charge in [-0.05, 0) is 91.4 Å². The molecule has 0 aromatic carbocycles. The predicted molar refractivity (Wildman–Crippen MR) is 123 cm³/mol. The van der Waals surface area contributed by atoms with Gasteiger partial charge >= 0.3 is 0 Å². The van der Waals surface area contributed by atoms with E-state index in [1.165, 1.54) is 12.0 Å². The van der Waals surface area contributed by atoms with Gasteiger partial charge in [-0.3, -0.25) is 4.79 Å². The molecule has 1 spiro atoms. The molecule has 4 aliphatic carbocycles. The molecule has 0 bridgehead atoms. The molecule has 0 radical (unpaired) electrons. The third-order valence-corrected chi connectivity index (χ3v) is 14.0. The van der Waals surface area contributed by atoms with Crippen molar-refractivity contribution in [2.45, 2.75) is 82.6 Å². The molecular formula is C24H38O3P2. The van der Waals surface area contributed by atoms with Gasteiger partial charge in [-0.2, -0.15) is 0 Å². The Bertz CT molecular complexity index is 767. The van der Waals surface area contributed by atoms with Crippen LogP contribution in [0.1, 0.15) is 65.7 Å². The van der Waals surface area contributed by atoms with E-state index in [1.807, 2.05) is 6.08 Å². The molecule has 11 atom stereocenters. The first-order valence-corrected chi connectivity index (χ1v) is 13.7. The van der Waals surface area contributed by atoms with E-state index in [0.717, 1.165) is 53.0 Å². The van der Waals surface area contributed by atoms with E-state index >= 15 is 0 Å². The summed E-state index contributed by atoms with van der Waals surface area (Å²) < 4.78 is 0. The lowest BCUT2D eigenvalue weighted by molar-refractivity contribution is -0.147. The first kappa shape index (κ1) is 21.1. The lowest BCUT2D eigenvalue weighted by Gasteiger charge is -2.63. The molecule has 1 saturated heterocycles. The molecule has 0 amide bonds. The molecular weight excluding hydrogens is 398 g/mol. The summed E-state index contributed by atoms with van der Waals surface area (Å²) in [6, 6.07) is 0. The summed E-state index contributed by atoms with van der Waals surface area (Å²) in [5.74, 6) is 2.00. The second-order valence-electron chi connectivity index (χ2n) is 11.4. The summed E-state index contributed by atoms with van der Waals surface area (Å²) in [5, 5.41) is 23.5. The van der Waals surface area contributed by atoms with E-state index in [4.69, 9.17) is 0 Å². The predicted octanol–water partition coefficient (Wildman–Crippen LogP) is 4.16. The number of aliphatic hydroxyl groups excluding tert-OH is 1. The van der Waals surface area contributed by atoms with Gasteiger partial charge in [0.1, 0.15) is 0 Å². The minimum atomic E-state index is -0.618. The Hall–Kier alpha value is 0.190. The van der Waals surface area contributed by atoms with E-state index in [1.54, 1.807) is 0 Å². The molecule has 0 aromatic heterocycles. The van der Waals surface area contributed by atoms with Crippen LogP contribution in [0.4, 0.5) is 0 Å². The molecule has 5 rings (SSSR count). The van der Waals surface area contributed by atoms with Gasteiger partial charge in [0.05, 0.1) is 11.7 Å². The summed E-state index contributed by atoms with van der Waals surface area (Å²) in [6.07, 6.45) is 10.3. The zero-order valence-electron chi connectivity index (χ0n) is 18.2. The quantitative estimate of drug-likeness (QED) is 0.607. The summed E-state index contributed by atoms with van der Waals surface area (Å²) in [5.41, 5.74) is 0.690. The first-order chi connectivity index (χ1) is 13.6. The number of ketones is 1. The number of hydrogen-bond acceptors (Lipinski definition) is 3. The number of rotatable bonds is 1. The Labute approximate surface area is 179 Å². The number of hydrogen-bond donors (Lipinski definition) is 2. The minimum absolute atomic E-state index is 0.0180. The molecule has 3 saturated carbocycles. The van der Waals surface area contributed by atoms with Crippen molar-refractivity contribution in [1.29, 1.82) is 0 Å². The normalized spacial score (nSPS) is 57.5. The second kappa shape index (κ2) is 6.60. The molecule has 1 aliphatic heterocycles. The van der Waals surface area contributed by atoms with Crippen LogP contribution in [0.5, 0.6) is 0 Å². The van der Waals surface area contributed by atoms with E-state index < -0.39 is 5.60 Å². The number of aliphatic hydroxyl groups is 2. The molecule has 5 aliphatic rings. The van der Waals surface area contributed by atoms with Crippen molar-refractivity contribution in [3.8, 4) is 0 Å². The van der Waals surface area contributed by atoms with Crippen molar-refractivity contribution < 1.29 is 15.0 Å². The van der Waals surface area contributed by atoms with Crippen LogP contribution in [0, 0.1) is 34.5 Å². The largest absolute Gasteiger partial charge is 0.393 e. The Morgan fingerprint density at radius 3 is 2.72 bits per heavy atom. The highest BCUT2D eigenvalue weighted by Crippen LogP contribution is 2.76. The van der Waals surface area contributed by atoms with Gasteiger partial charge in [-0.25, -0.2) is 0 Å². The van der Waals surface area contributed by atoms with Crippen LogP contribution in [0.2, 0.25) is 0 Å². The molecule has 11 unspecified atom stereocenters. The summed E-state index contributed by atoms with van der Waals surface area (Å²) in [4.78, 5) is 12.1. The fourth-order valence-corrected chi connectivity index (χ4v) is 12.8. The molecule has 5 heteroatoms. The fraction of sp³-hybridized carbons (Fsp3) is 0.875. The number of fused-ring (bicyclic) bond motifs is 6. The van der Waals surface area contributed by atoms with Crippen LogP contribution in [0.25, 0.3) is 0 Å². The van der Waals surface area contributed by atoms with Gasteiger partial charge in [0.15, 0.2) is 5.78 Å². The fourth-order valence-electron chi connectivity index (χ4n) is 9.16. The topological polar surface area (TPSA) is 57.5 Å². The average molecular weight is 437 g/mol. The molecule has 162 valence electrons. The minimum Gasteiger partial charge on any atom is -0.393 e. The van der Waals surface area contributed by atoms with Gasteiger partial charge in [0, 0.05) is 11.6 Å². The number of carbonyl (C=O) groups is 1. The van der Waals surface area contributed by atoms with Crippen LogP contribution < -0.4 is 0 Å². The van der Waals surface area contributed by atoms with Crippen molar-refractivity contribution in [3.63, 3.8) is 0 Å². The van der Waals surface area contributed by atoms with Crippen molar-refractivity contribution >= 4 is 23.6 Å². The summed E-state index contributed by atoms with van der Waals surface area (Å²) in [6.45, 7) is 7.00. The molecule has 1 heterocycles. The highest BCUT2D eigenvalue weighted by molar-refractivity contribution is 7.41. The SMILES string of the molecule is CC1CPC2(CCC3C4CCC5=CC(=O)CCC5(C)C4C(O)CC32C)C1(O)CP. The Balaban J connectivity index is 1.56. The average Bonchev–Trinajstić information content (AvgIpc) is 3.12. The van der Waals surface area contributed by atoms with Crippen molar-refractivity contribution in [2.24, 2.45) is 34.5 Å². The monoisotopic (exact) mass is 436 g/mol. The second-order valence-corrected chi connectivity index (χ2v) is 13.5. The lowest BCUT2D eigenvalue weighted by atomic mass is 9.45. The molecule has 4 fully saturated rings. The summed E-state index contributed by atoms with van der Waals surface area (Å²) in [7, 11) is 3.65. The van der Waals surface area contributed by atoms with Crippen LogP contribution in [0.15, 0.2) is 11.6 Å². The van der Waals surface area contributed by atoms with Crippen LogP contribution >= 0.6 is 17.8 Å². The Morgan fingerprint density at radius 2 is 2.00 bits per heavy atom. The van der Waals surface area contributed by atoms with Crippen molar-refractivity contribution in [1.82, 2.24) is 0 Å². The highest BCUT2D eigenvalue weighted by Gasteiger charge is 2.73. The third-order valence-electron chi connectivity index (χ3n) is 10.7. The molecule has 0 aromatic rings. The van der Waals surface area contributed by atoms with Crippen LogP contribution in [-0.4, -0.2) is 45.2 Å². The molecule has 3 nitrogen and oxygen atoms in total. The highest BCUT2D eigenvalue weighted by atomic mass is 31.1. The zero-order chi connectivity index (χ0) is 20.8. The molecule has 2 N–H and O–H groups in total. The maximum absolute atomic E-state index is 12.1. The zero-order valence-corrected chi connectivity index (χ0v) is 20.4. The van der Waals surface area contributed by atoms with E-state index in [9.17, 15) is 15.0 Å². The van der Waals surface area contributed by atoms with Gasteiger partial charge < -0.3 is 10.2 Å². The van der Waals surface area contributed by atoms with E-state index in [0.29, 0.717) is 24.2 Å². The molecule has 29 heavy (non-hydrogen) atoms. The maximum Gasteiger partial charge on any atom is 0.155 e. The Morgan fingerprint density at radius 1 is 1.24 bits per heavy atom. The Kier molecular flexibility index (Phi) is 4.79. The van der Waals surface area contributed by atoms with Gasteiger partial charge in [0.2, 0.25) is 0 Å². The van der Waals surface area contributed by atoms with Crippen molar-refractivity contribution in [2.75, 3.05) is 12.3 Å². The van der Waals surface area contributed by atoms with Gasteiger partial charge in [0.25, 0.3) is 0 Å². The number of allylic oxidation sites excluding steroid dienone is 1. The number of carbonyl (C=O) groups excluding carboxylic acids is 1. The summed E-state index contributed by atoms with van der Waals surface area (Å²) >= 11 is 0. The lowest BCUT2D eigenvalue weighted by Crippen LogP contribution is -2.64. The van der Waals surface area contributed by atoms with Crippen LogP contribution in [0.3, 0.4) is 0 Å². The van der Waals surface area contributed by atoms with Gasteiger partial charge in [-0.15, -0.1) is 17.8 Å². The van der Waals surface area contributed by atoms with Gasteiger partial charge in [-0.1, -0.05) is 26.3 Å². The standard InChI is InChI=1S/C24H38O3P2/c1-14-12-29-24(23(14,27)13-28)9-7-18-17-5-4-15-10-16(25)6-8-21(15,2)20(17)19(26)11-22(18,24)3/h10,14,17-20,26-27,29H,4-9,11-13,28H2,1-3H3. The van der Waals surface area contributed by atoms with Crippen LogP contribution in [-0.2, 0) is 4.79 Å². The first-order valence-electron chi connectivity index (χ1n) is 11.7. The smallest absolute Gasteiger partial charge is 0.155 e. The maximum atomic E-state index is 12.1. The third kappa shape index (κ3) is 2.43.